The minimum atomic E-state index is -0.335. The van der Waals surface area contributed by atoms with Crippen molar-refractivity contribution < 1.29 is 14.3 Å². The monoisotopic (exact) mass is 393 g/mol. The Morgan fingerprint density at radius 2 is 2.08 bits per heavy atom. The molecule has 146 valence electrons. The topological polar surface area (TPSA) is 70.7 Å². The number of carbonyl (C=O) groups is 2. The molecule has 2 N–H and O–H groups in total. The number of hydrogen-bond donors (Lipinski definition) is 2. The molecule has 6 nitrogen and oxygen atoms in total. The number of hydrogen-bond acceptors (Lipinski definition) is 5. The first-order valence-corrected chi connectivity index (χ1v) is 10.0. The molecule has 2 unspecified atom stereocenters. The second kappa shape index (κ2) is 10.6. The summed E-state index contributed by atoms with van der Waals surface area (Å²) in [6.45, 7) is 7.13. The lowest BCUT2D eigenvalue weighted by molar-refractivity contribution is -0.141. The molecule has 0 spiro atoms. The van der Waals surface area contributed by atoms with Gasteiger partial charge in [-0.05, 0) is 32.4 Å². The zero-order chi connectivity index (χ0) is 17.6. The van der Waals surface area contributed by atoms with Crippen molar-refractivity contribution in [3.63, 3.8) is 0 Å². The van der Waals surface area contributed by atoms with Gasteiger partial charge in [-0.2, -0.15) is 0 Å². The van der Waals surface area contributed by atoms with Gasteiger partial charge in [-0.1, -0.05) is 13.8 Å². The van der Waals surface area contributed by atoms with E-state index in [1.165, 1.54) is 0 Å². The number of piperidine rings is 1. The van der Waals surface area contributed by atoms with Gasteiger partial charge in [-0.3, -0.25) is 9.59 Å². The van der Waals surface area contributed by atoms with Crippen molar-refractivity contribution >= 4 is 36.0 Å². The second-order valence-corrected chi connectivity index (χ2v) is 8.03. The van der Waals surface area contributed by atoms with Crippen molar-refractivity contribution in [1.82, 2.24) is 15.5 Å². The van der Waals surface area contributed by atoms with Crippen molar-refractivity contribution in [2.75, 3.05) is 45.0 Å². The Labute approximate surface area is 161 Å². The lowest BCUT2D eigenvalue weighted by Gasteiger charge is -2.37. The van der Waals surface area contributed by atoms with E-state index < -0.39 is 0 Å². The zero-order valence-electron chi connectivity index (χ0n) is 15.5. The van der Waals surface area contributed by atoms with Gasteiger partial charge in [0.25, 0.3) is 0 Å². The van der Waals surface area contributed by atoms with Crippen LogP contribution in [0, 0.1) is 11.3 Å². The van der Waals surface area contributed by atoms with Gasteiger partial charge in [0.2, 0.25) is 11.8 Å². The number of rotatable bonds is 7. The highest BCUT2D eigenvalue weighted by Gasteiger charge is 2.38. The summed E-state index contributed by atoms with van der Waals surface area (Å²) in [5.41, 5.74) is 0.00690. The van der Waals surface area contributed by atoms with Gasteiger partial charge < -0.3 is 20.3 Å². The third kappa shape index (κ3) is 5.74. The minimum absolute atomic E-state index is 0. The molecule has 25 heavy (non-hydrogen) atoms. The summed E-state index contributed by atoms with van der Waals surface area (Å²) in [5, 5.41) is 6.46. The Kier molecular flexibility index (Phi) is 9.56. The molecule has 2 atom stereocenters. The third-order valence-electron chi connectivity index (χ3n) is 5.25. The van der Waals surface area contributed by atoms with Gasteiger partial charge in [-0.15, -0.1) is 24.2 Å². The Bertz CT molecular complexity index is 441. The minimum Gasteiger partial charge on any atom is -0.384 e. The molecule has 2 rings (SSSR count). The number of carbonyl (C=O) groups excluding carboxylic acids is 2. The zero-order valence-corrected chi connectivity index (χ0v) is 17.1. The van der Waals surface area contributed by atoms with Crippen LogP contribution < -0.4 is 10.6 Å². The largest absolute Gasteiger partial charge is 0.384 e. The van der Waals surface area contributed by atoms with Crippen molar-refractivity contribution in [3.8, 4) is 0 Å². The molecule has 0 saturated carbocycles. The van der Waals surface area contributed by atoms with Gasteiger partial charge >= 0.3 is 0 Å². The molecule has 8 heteroatoms. The molecule has 2 saturated heterocycles. The molecule has 2 fully saturated rings. The van der Waals surface area contributed by atoms with E-state index in [9.17, 15) is 9.59 Å². The molecule has 2 aliphatic rings. The van der Waals surface area contributed by atoms with Crippen LogP contribution in [0.15, 0.2) is 0 Å². The Morgan fingerprint density at radius 3 is 2.68 bits per heavy atom. The Balaban J connectivity index is 0.00000312. The van der Waals surface area contributed by atoms with Crippen molar-refractivity contribution in [2.24, 2.45) is 11.3 Å². The normalized spacial score (nSPS) is 23.6. The van der Waals surface area contributed by atoms with Gasteiger partial charge in [0.1, 0.15) is 6.04 Å². The Morgan fingerprint density at radius 1 is 1.40 bits per heavy atom. The van der Waals surface area contributed by atoms with Crippen LogP contribution in [0.1, 0.15) is 33.1 Å². The van der Waals surface area contributed by atoms with Crippen LogP contribution in [0.5, 0.6) is 0 Å². The van der Waals surface area contributed by atoms with Crippen LogP contribution in [-0.4, -0.2) is 67.7 Å². The fraction of sp³-hybridized carbons (Fsp3) is 0.882. The number of ether oxygens (including phenoxy) is 1. The number of halogens is 1. The molecule has 0 radical (unpaired) electrons. The summed E-state index contributed by atoms with van der Waals surface area (Å²) in [5.74, 6) is 1.35. The summed E-state index contributed by atoms with van der Waals surface area (Å²) < 4.78 is 5.40. The van der Waals surface area contributed by atoms with E-state index in [1.807, 2.05) is 13.8 Å². The van der Waals surface area contributed by atoms with E-state index in [0.717, 1.165) is 32.4 Å². The first-order chi connectivity index (χ1) is 11.5. The molecule has 2 amide bonds. The molecule has 0 bridgehead atoms. The van der Waals surface area contributed by atoms with Gasteiger partial charge in [0, 0.05) is 30.7 Å². The molecule has 2 heterocycles. The highest BCUT2D eigenvalue weighted by molar-refractivity contribution is 7.99. The van der Waals surface area contributed by atoms with Crippen molar-refractivity contribution in [1.29, 1.82) is 0 Å². The lowest BCUT2D eigenvalue weighted by atomic mass is 9.79. The van der Waals surface area contributed by atoms with Crippen LogP contribution in [0.25, 0.3) is 0 Å². The van der Waals surface area contributed by atoms with Crippen molar-refractivity contribution in [2.45, 2.75) is 39.2 Å². The fourth-order valence-corrected chi connectivity index (χ4v) is 4.53. The number of methoxy groups -OCH3 is 1. The maximum atomic E-state index is 12.7. The summed E-state index contributed by atoms with van der Waals surface area (Å²) in [7, 11) is 1.71. The number of amides is 2. The van der Waals surface area contributed by atoms with Crippen LogP contribution >= 0.6 is 24.2 Å². The van der Waals surface area contributed by atoms with E-state index in [1.54, 1.807) is 23.8 Å². The van der Waals surface area contributed by atoms with Crippen molar-refractivity contribution in [3.05, 3.63) is 0 Å². The molecule has 0 aromatic heterocycles. The molecule has 0 aromatic carbocycles. The number of thioether (sulfide) groups is 1. The van der Waals surface area contributed by atoms with E-state index in [4.69, 9.17) is 4.74 Å². The molecular formula is C17H32ClN3O3S. The number of nitrogens with zero attached hydrogens (tertiary/aromatic N) is 1. The Hall–Kier alpha value is -0.500. The number of nitrogens with one attached hydrogen (secondary N) is 2. The third-order valence-corrected chi connectivity index (χ3v) is 6.27. The SMILES string of the molecule is CCC(C)C(=O)N1CSCC1C(=O)NCC1(COC)CCNCC1.Cl. The molecule has 0 aliphatic carbocycles. The second-order valence-electron chi connectivity index (χ2n) is 7.03. The van der Waals surface area contributed by atoms with Crippen LogP contribution in [-0.2, 0) is 14.3 Å². The maximum absolute atomic E-state index is 12.7. The predicted octanol–water partition coefficient (Wildman–Crippen LogP) is 1.49. The molecular weight excluding hydrogens is 362 g/mol. The summed E-state index contributed by atoms with van der Waals surface area (Å²) >= 11 is 1.66. The summed E-state index contributed by atoms with van der Waals surface area (Å²) in [6, 6.07) is -0.335. The van der Waals surface area contributed by atoms with Crippen LogP contribution in [0.3, 0.4) is 0 Å². The first kappa shape index (κ1) is 22.5. The fourth-order valence-electron chi connectivity index (χ4n) is 3.36. The summed E-state index contributed by atoms with van der Waals surface area (Å²) in [6.07, 6.45) is 2.80. The quantitative estimate of drug-likeness (QED) is 0.685. The molecule has 0 aromatic rings. The highest BCUT2D eigenvalue weighted by Crippen LogP contribution is 2.29. The molecule has 2 aliphatic heterocycles. The standard InChI is InChI=1S/C17H31N3O3S.ClH/c1-4-13(2)16(22)20-12-24-9-14(20)15(21)19-10-17(11-23-3)5-7-18-8-6-17;/h13-14,18H,4-12H2,1-3H3,(H,19,21);1H. The smallest absolute Gasteiger partial charge is 0.243 e. The lowest BCUT2D eigenvalue weighted by Crippen LogP contribution is -2.52. The van der Waals surface area contributed by atoms with Crippen LogP contribution in [0.4, 0.5) is 0 Å². The van der Waals surface area contributed by atoms with Gasteiger partial charge in [0.05, 0.1) is 12.5 Å². The highest BCUT2D eigenvalue weighted by atomic mass is 35.5. The summed E-state index contributed by atoms with van der Waals surface area (Å²) in [4.78, 5) is 26.9. The van der Waals surface area contributed by atoms with Gasteiger partial charge in [0.15, 0.2) is 0 Å². The average Bonchev–Trinajstić information content (AvgIpc) is 3.09. The maximum Gasteiger partial charge on any atom is 0.243 e. The van der Waals surface area contributed by atoms with E-state index in [2.05, 4.69) is 10.6 Å². The van der Waals surface area contributed by atoms with E-state index in [-0.39, 0.29) is 41.6 Å². The van der Waals surface area contributed by atoms with Gasteiger partial charge in [-0.25, -0.2) is 0 Å². The average molecular weight is 394 g/mol. The van der Waals surface area contributed by atoms with E-state index >= 15 is 0 Å². The first-order valence-electron chi connectivity index (χ1n) is 8.88. The predicted molar refractivity (Wildman–Crippen MR) is 104 cm³/mol. The van der Waals surface area contributed by atoms with E-state index in [0.29, 0.717) is 24.8 Å². The van der Waals surface area contributed by atoms with Crippen LogP contribution in [0.2, 0.25) is 0 Å².